The van der Waals surface area contributed by atoms with Gasteiger partial charge in [0.25, 0.3) is 0 Å². The number of allylic oxidation sites excluding steroid dienone is 2. The van der Waals surface area contributed by atoms with E-state index in [0.717, 1.165) is 32.2 Å². The Hall–Kier alpha value is -1.12. The third-order valence-electron chi connectivity index (χ3n) is 4.06. The van der Waals surface area contributed by atoms with E-state index in [4.69, 9.17) is 0 Å². The first kappa shape index (κ1) is 12.3. The molecule has 1 saturated heterocycles. The summed E-state index contributed by atoms with van der Waals surface area (Å²) in [5.41, 5.74) is 0. The van der Waals surface area contributed by atoms with Crippen molar-refractivity contribution < 1.29 is 9.59 Å². The standard InChI is InChI=1S/C14H21NO2/c1-2-3-4-5-11-10(6-7-13(11)16)12-8-9-15-14(12)17/h3-4,10-12H,2,5-9H2,1H3,(H,15,17)/b4-3+. The van der Waals surface area contributed by atoms with Crippen LogP contribution >= 0.6 is 0 Å². The minimum absolute atomic E-state index is 0.0847. The summed E-state index contributed by atoms with van der Waals surface area (Å²) >= 11 is 0. The lowest BCUT2D eigenvalue weighted by atomic mass is 9.81. The van der Waals surface area contributed by atoms with Gasteiger partial charge in [0.15, 0.2) is 0 Å². The number of ketones is 1. The molecule has 17 heavy (non-hydrogen) atoms. The maximum absolute atomic E-state index is 11.9. The molecule has 2 rings (SSSR count). The molecule has 0 bridgehead atoms. The van der Waals surface area contributed by atoms with Crippen molar-refractivity contribution in [2.45, 2.75) is 39.0 Å². The Morgan fingerprint density at radius 3 is 2.76 bits per heavy atom. The Balaban J connectivity index is 2.02. The zero-order valence-electron chi connectivity index (χ0n) is 10.4. The third kappa shape index (κ3) is 2.59. The molecular weight excluding hydrogens is 214 g/mol. The molecule has 1 aliphatic carbocycles. The Labute approximate surface area is 103 Å². The van der Waals surface area contributed by atoms with Crippen LogP contribution < -0.4 is 5.32 Å². The first-order valence-corrected chi connectivity index (χ1v) is 6.69. The van der Waals surface area contributed by atoms with E-state index in [9.17, 15) is 9.59 Å². The predicted molar refractivity (Wildman–Crippen MR) is 66.4 cm³/mol. The van der Waals surface area contributed by atoms with Crippen LogP contribution in [-0.4, -0.2) is 18.2 Å². The van der Waals surface area contributed by atoms with Crippen LogP contribution in [0, 0.1) is 17.8 Å². The summed E-state index contributed by atoms with van der Waals surface area (Å²) in [7, 11) is 0. The summed E-state index contributed by atoms with van der Waals surface area (Å²) in [4.78, 5) is 23.6. The minimum Gasteiger partial charge on any atom is -0.356 e. The number of carbonyl (C=O) groups is 2. The van der Waals surface area contributed by atoms with Crippen molar-refractivity contribution in [2.24, 2.45) is 17.8 Å². The summed E-state index contributed by atoms with van der Waals surface area (Å²) in [6.07, 6.45) is 8.52. The predicted octanol–water partition coefficient (Wildman–Crippen LogP) is 2.07. The van der Waals surface area contributed by atoms with Gasteiger partial charge in [0, 0.05) is 24.8 Å². The van der Waals surface area contributed by atoms with Crippen LogP contribution in [0.25, 0.3) is 0 Å². The number of nitrogens with one attached hydrogen (secondary N) is 1. The van der Waals surface area contributed by atoms with Crippen LogP contribution in [0.3, 0.4) is 0 Å². The van der Waals surface area contributed by atoms with Gasteiger partial charge in [0.2, 0.25) is 5.91 Å². The lowest BCUT2D eigenvalue weighted by Gasteiger charge is -2.21. The van der Waals surface area contributed by atoms with Crippen LogP contribution in [0.1, 0.15) is 39.0 Å². The summed E-state index contributed by atoms with van der Waals surface area (Å²) in [5, 5.41) is 2.88. The van der Waals surface area contributed by atoms with Crippen molar-refractivity contribution in [1.29, 1.82) is 0 Å². The van der Waals surface area contributed by atoms with E-state index < -0.39 is 0 Å². The highest BCUT2D eigenvalue weighted by molar-refractivity contribution is 5.86. The molecule has 94 valence electrons. The smallest absolute Gasteiger partial charge is 0.223 e. The number of hydrogen-bond donors (Lipinski definition) is 1. The molecule has 1 aliphatic heterocycles. The summed E-state index contributed by atoms with van der Waals surface area (Å²) in [6.45, 7) is 2.88. The molecule has 1 saturated carbocycles. The van der Waals surface area contributed by atoms with Crippen molar-refractivity contribution in [3.05, 3.63) is 12.2 Å². The van der Waals surface area contributed by atoms with Gasteiger partial charge < -0.3 is 5.32 Å². The largest absolute Gasteiger partial charge is 0.356 e. The van der Waals surface area contributed by atoms with Crippen molar-refractivity contribution in [3.63, 3.8) is 0 Å². The minimum atomic E-state index is 0.0847. The monoisotopic (exact) mass is 235 g/mol. The van der Waals surface area contributed by atoms with E-state index in [2.05, 4.69) is 24.4 Å². The zero-order chi connectivity index (χ0) is 12.3. The fraction of sp³-hybridized carbons (Fsp3) is 0.714. The zero-order valence-corrected chi connectivity index (χ0v) is 10.4. The molecule has 3 nitrogen and oxygen atoms in total. The first-order valence-electron chi connectivity index (χ1n) is 6.69. The van der Waals surface area contributed by atoms with Gasteiger partial charge in [-0.05, 0) is 31.6 Å². The highest BCUT2D eigenvalue weighted by Gasteiger charge is 2.42. The molecule has 2 aliphatic rings. The highest BCUT2D eigenvalue weighted by Crippen LogP contribution is 2.39. The summed E-state index contributed by atoms with van der Waals surface area (Å²) in [6, 6.07) is 0. The molecule has 1 heterocycles. The lowest BCUT2D eigenvalue weighted by Crippen LogP contribution is -2.28. The van der Waals surface area contributed by atoms with Crippen LogP contribution in [0.4, 0.5) is 0 Å². The van der Waals surface area contributed by atoms with Gasteiger partial charge in [0.1, 0.15) is 5.78 Å². The molecule has 3 heteroatoms. The van der Waals surface area contributed by atoms with Crippen molar-refractivity contribution in [2.75, 3.05) is 6.54 Å². The van der Waals surface area contributed by atoms with E-state index in [1.807, 2.05) is 0 Å². The highest BCUT2D eigenvalue weighted by atomic mass is 16.2. The van der Waals surface area contributed by atoms with E-state index in [-0.39, 0.29) is 23.7 Å². The number of rotatable bonds is 4. The molecular formula is C14H21NO2. The van der Waals surface area contributed by atoms with Crippen molar-refractivity contribution in [3.8, 4) is 0 Å². The van der Waals surface area contributed by atoms with Gasteiger partial charge in [-0.15, -0.1) is 0 Å². The fourth-order valence-electron chi connectivity index (χ4n) is 3.15. The van der Waals surface area contributed by atoms with Crippen LogP contribution in [0.2, 0.25) is 0 Å². The average molecular weight is 235 g/mol. The normalized spacial score (nSPS) is 33.6. The van der Waals surface area contributed by atoms with E-state index in [1.54, 1.807) is 0 Å². The Morgan fingerprint density at radius 1 is 1.29 bits per heavy atom. The second-order valence-electron chi connectivity index (χ2n) is 5.08. The summed E-state index contributed by atoms with van der Waals surface area (Å²) in [5.74, 6) is 0.976. The van der Waals surface area contributed by atoms with E-state index >= 15 is 0 Å². The quantitative estimate of drug-likeness (QED) is 0.758. The van der Waals surface area contributed by atoms with Crippen LogP contribution in [0.5, 0.6) is 0 Å². The Kier molecular flexibility index (Phi) is 3.97. The SMILES string of the molecule is CC/C=C/CC1C(=O)CCC1C1CCNC1=O. The lowest BCUT2D eigenvalue weighted by molar-refractivity contribution is -0.125. The molecule has 3 unspecified atom stereocenters. The van der Waals surface area contributed by atoms with Gasteiger partial charge >= 0.3 is 0 Å². The van der Waals surface area contributed by atoms with Gasteiger partial charge in [-0.1, -0.05) is 19.1 Å². The number of carbonyl (C=O) groups excluding carboxylic acids is 2. The summed E-state index contributed by atoms with van der Waals surface area (Å²) < 4.78 is 0. The van der Waals surface area contributed by atoms with E-state index in [0.29, 0.717) is 12.2 Å². The maximum Gasteiger partial charge on any atom is 0.223 e. The molecule has 1 amide bonds. The molecule has 0 aromatic rings. The molecule has 0 aromatic carbocycles. The Bertz CT molecular complexity index is 335. The second kappa shape index (κ2) is 5.48. The van der Waals surface area contributed by atoms with Gasteiger partial charge in [-0.2, -0.15) is 0 Å². The molecule has 0 spiro atoms. The van der Waals surface area contributed by atoms with Crippen molar-refractivity contribution >= 4 is 11.7 Å². The van der Waals surface area contributed by atoms with Crippen molar-refractivity contribution in [1.82, 2.24) is 5.32 Å². The molecule has 1 N–H and O–H groups in total. The number of Topliss-reactive ketones (excluding diaryl/α,β-unsaturated/α-hetero) is 1. The number of hydrogen-bond acceptors (Lipinski definition) is 2. The fourth-order valence-corrected chi connectivity index (χ4v) is 3.15. The Morgan fingerprint density at radius 2 is 2.12 bits per heavy atom. The van der Waals surface area contributed by atoms with E-state index in [1.165, 1.54) is 0 Å². The molecule has 0 radical (unpaired) electrons. The van der Waals surface area contributed by atoms with Gasteiger partial charge in [-0.3, -0.25) is 9.59 Å². The van der Waals surface area contributed by atoms with Crippen LogP contribution in [-0.2, 0) is 9.59 Å². The average Bonchev–Trinajstić information content (AvgIpc) is 2.87. The number of amides is 1. The third-order valence-corrected chi connectivity index (χ3v) is 4.06. The second-order valence-corrected chi connectivity index (χ2v) is 5.08. The topological polar surface area (TPSA) is 46.2 Å². The first-order chi connectivity index (χ1) is 8.24. The molecule has 0 aromatic heterocycles. The van der Waals surface area contributed by atoms with Gasteiger partial charge in [-0.25, -0.2) is 0 Å². The van der Waals surface area contributed by atoms with Crippen LogP contribution in [0.15, 0.2) is 12.2 Å². The molecule has 2 fully saturated rings. The molecule has 3 atom stereocenters. The maximum atomic E-state index is 11.9. The van der Waals surface area contributed by atoms with Gasteiger partial charge in [0.05, 0.1) is 0 Å².